The molecule has 56 valence electrons. The van der Waals surface area contributed by atoms with Gasteiger partial charge in [-0.3, -0.25) is 0 Å². The normalized spacial score (nSPS) is 35.1. The lowest BCUT2D eigenvalue weighted by Gasteiger charge is -2.07. The first-order valence-electron chi connectivity index (χ1n) is 4.31. The van der Waals surface area contributed by atoms with Crippen molar-refractivity contribution in [3.05, 3.63) is 35.4 Å². The summed E-state index contributed by atoms with van der Waals surface area (Å²) in [5, 5.41) is 0. The van der Waals surface area contributed by atoms with Gasteiger partial charge in [0, 0.05) is 0 Å². The number of fused-ring (bicyclic) bond motifs is 5. The summed E-state index contributed by atoms with van der Waals surface area (Å²) in [5.74, 6) is 1.71. The topological polar surface area (TPSA) is 0 Å². The molecule has 2 unspecified atom stereocenters. The molecule has 0 aromatic heterocycles. The second-order valence-corrected chi connectivity index (χ2v) is 4.45. The van der Waals surface area contributed by atoms with Crippen LogP contribution in [0, 0.1) is 5.41 Å². The summed E-state index contributed by atoms with van der Waals surface area (Å²) < 4.78 is 0. The molecule has 2 atom stereocenters. The maximum atomic E-state index is 2.38. The van der Waals surface area contributed by atoms with Crippen LogP contribution in [0.15, 0.2) is 24.3 Å². The van der Waals surface area contributed by atoms with E-state index < -0.39 is 0 Å². The molecule has 0 radical (unpaired) electrons. The number of hydrogen-bond acceptors (Lipinski definition) is 0. The van der Waals surface area contributed by atoms with E-state index in [-0.39, 0.29) is 0 Å². The number of rotatable bonds is 0. The minimum absolute atomic E-state index is 0.570. The van der Waals surface area contributed by atoms with E-state index in [0.29, 0.717) is 5.41 Å². The Bertz CT molecular complexity index is 295. The Balaban J connectivity index is 2.21. The van der Waals surface area contributed by atoms with E-state index in [1.165, 1.54) is 0 Å². The maximum Gasteiger partial charge on any atom is -0.00303 e. The van der Waals surface area contributed by atoms with Crippen molar-refractivity contribution in [1.82, 2.24) is 0 Å². The summed E-state index contributed by atoms with van der Waals surface area (Å²) in [4.78, 5) is 0. The van der Waals surface area contributed by atoms with Gasteiger partial charge in [0.1, 0.15) is 0 Å². The second kappa shape index (κ2) is 1.38. The van der Waals surface area contributed by atoms with E-state index in [1.54, 1.807) is 11.1 Å². The summed E-state index contributed by atoms with van der Waals surface area (Å²) in [7, 11) is 0. The Labute approximate surface area is 67.2 Å². The molecule has 2 aliphatic carbocycles. The van der Waals surface area contributed by atoms with E-state index in [9.17, 15) is 0 Å². The highest BCUT2D eigenvalue weighted by atomic mass is 14.6. The van der Waals surface area contributed by atoms with Crippen molar-refractivity contribution in [3.8, 4) is 0 Å². The quantitative estimate of drug-likeness (QED) is 0.525. The first kappa shape index (κ1) is 5.82. The van der Waals surface area contributed by atoms with E-state index in [2.05, 4.69) is 38.1 Å². The lowest BCUT2D eigenvalue weighted by molar-refractivity contribution is 0.594. The number of benzene rings is 1. The zero-order chi connectivity index (χ0) is 7.64. The van der Waals surface area contributed by atoms with Crippen molar-refractivity contribution >= 4 is 0 Å². The molecule has 11 heavy (non-hydrogen) atoms. The highest BCUT2D eigenvalue weighted by Crippen LogP contribution is 2.73. The monoisotopic (exact) mass is 144 g/mol. The van der Waals surface area contributed by atoms with Crippen LogP contribution in [0.3, 0.4) is 0 Å². The van der Waals surface area contributed by atoms with E-state index >= 15 is 0 Å². The average molecular weight is 144 g/mol. The summed E-state index contributed by atoms with van der Waals surface area (Å²) in [6.07, 6.45) is 0. The van der Waals surface area contributed by atoms with Gasteiger partial charge in [-0.25, -0.2) is 0 Å². The minimum atomic E-state index is 0.570. The Morgan fingerprint density at radius 1 is 1.09 bits per heavy atom. The molecule has 3 rings (SSSR count). The van der Waals surface area contributed by atoms with Crippen LogP contribution >= 0.6 is 0 Å². The van der Waals surface area contributed by atoms with Crippen LogP contribution in [0.4, 0.5) is 0 Å². The molecule has 2 bridgehead atoms. The number of hydrogen-bond donors (Lipinski definition) is 0. The summed E-state index contributed by atoms with van der Waals surface area (Å²) in [6.45, 7) is 4.75. The lowest BCUT2D eigenvalue weighted by Crippen LogP contribution is -1.94. The van der Waals surface area contributed by atoms with Crippen LogP contribution in [-0.4, -0.2) is 0 Å². The van der Waals surface area contributed by atoms with E-state index in [1.807, 2.05) is 0 Å². The molecular weight excluding hydrogens is 132 g/mol. The van der Waals surface area contributed by atoms with Crippen LogP contribution in [0.2, 0.25) is 0 Å². The zero-order valence-electron chi connectivity index (χ0n) is 6.96. The van der Waals surface area contributed by atoms with Crippen molar-refractivity contribution in [1.29, 1.82) is 0 Å². The molecule has 0 heterocycles. The lowest BCUT2D eigenvalue weighted by atomic mass is 9.98. The van der Waals surface area contributed by atoms with Crippen LogP contribution < -0.4 is 0 Å². The zero-order valence-corrected chi connectivity index (χ0v) is 6.96. The predicted molar refractivity (Wildman–Crippen MR) is 45.7 cm³/mol. The molecule has 1 aromatic rings. The molecule has 0 saturated heterocycles. The van der Waals surface area contributed by atoms with Gasteiger partial charge in [-0.1, -0.05) is 38.1 Å². The molecule has 0 N–H and O–H groups in total. The van der Waals surface area contributed by atoms with Gasteiger partial charge in [-0.15, -0.1) is 0 Å². The third-order valence-corrected chi connectivity index (χ3v) is 3.46. The molecule has 1 aromatic carbocycles. The van der Waals surface area contributed by atoms with E-state index in [4.69, 9.17) is 0 Å². The predicted octanol–water partition coefficient (Wildman–Crippen LogP) is 2.91. The molecule has 2 aliphatic rings. The SMILES string of the molecule is CC1(C)C2c3cccc(c3)C21. The van der Waals surface area contributed by atoms with Crippen LogP contribution in [0.25, 0.3) is 0 Å². The fourth-order valence-corrected chi connectivity index (χ4v) is 2.83. The van der Waals surface area contributed by atoms with Crippen LogP contribution in [-0.2, 0) is 0 Å². The van der Waals surface area contributed by atoms with Crippen molar-refractivity contribution in [3.63, 3.8) is 0 Å². The summed E-state index contributed by atoms with van der Waals surface area (Å²) >= 11 is 0. The molecule has 0 amide bonds. The van der Waals surface area contributed by atoms with Crippen molar-refractivity contribution in [2.24, 2.45) is 5.41 Å². The Morgan fingerprint density at radius 3 is 2.18 bits per heavy atom. The second-order valence-electron chi connectivity index (χ2n) is 4.45. The van der Waals surface area contributed by atoms with Gasteiger partial charge in [0.2, 0.25) is 0 Å². The van der Waals surface area contributed by atoms with Crippen LogP contribution in [0.5, 0.6) is 0 Å². The van der Waals surface area contributed by atoms with Crippen molar-refractivity contribution < 1.29 is 0 Å². The molecule has 0 aliphatic heterocycles. The van der Waals surface area contributed by atoms with Gasteiger partial charge in [-0.05, 0) is 28.4 Å². The van der Waals surface area contributed by atoms with Crippen LogP contribution in [0.1, 0.15) is 36.8 Å². The van der Waals surface area contributed by atoms with Gasteiger partial charge < -0.3 is 0 Å². The maximum absolute atomic E-state index is 2.38. The third-order valence-electron chi connectivity index (χ3n) is 3.46. The van der Waals surface area contributed by atoms with Gasteiger partial charge in [0.25, 0.3) is 0 Å². The Hall–Kier alpha value is -0.780. The first-order chi connectivity index (χ1) is 5.21. The highest BCUT2D eigenvalue weighted by Gasteiger charge is 2.61. The molecule has 0 nitrogen and oxygen atoms in total. The fraction of sp³-hybridized carbons (Fsp3) is 0.455. The standard InChI is InChI=1S/C11H12/c1-11(2)9-7-4-3-5-8(6-7)10(9)11/h3-6,9-10H,1-2H3. The smallest absolute Gasteiger partial charge is 0.00303 e. The van der Waals surface area contributed by atoms with E-state index in [0.717, 1.165) is 11.8 Å². The Kier molecular flexibility index (Phi) is 0.732. The fourth-order valence-electron chi connectivity index (χ4n) is 2.83. The summed E-state index contributed by atoms with van der Waals surface area (Å²) in [6, 6.07) is 9.08. The molecule has 0 heteroatoms. The molecule has 0 spiro atoms. The molecule has 1 fully saturated rings. The van der Waals surface area contributed by atoms with Crippen molar-refractivity contribution in [2.75, 3.05) is 0 Å². The Morgan fingerprint density at radius 2 is 1.64 bits per heavy atom. The minimum Gasteiger partial charge on any atom is -0.0617 e. The molecular formula is C11H12. The molecule has 1 saturated carbocycles. The van der Waals surface area contributed by atoms with Crippen molar-refractivity contribution in [2.45, 2.75) is 25.7 Å². The average Bonchev–Trinajstić information content (AvgIpc) is 2.42. The van der Waals surface area contributed by atoms with Gasteiger partial charge >= 0.3 is 0 Å². The van der Waals surface area contributed by atoms with Gasteiger partial charge in [0.15, 0.2) is 0 Å². The first-order valence-corrected chi connectivity index (χ1v) is 4.31. The largest absolute Gasteiger partial charge is 0.0617 e. The van der Waals surface area contributed by atoms with Gasteiger partial charge in [0.05, 0.1) is 0 Å². The summed E-state index contributed by atoms with van der Waals surface area (Å²) in [5.41, 5.74) is 3.70. The van der Waals surface area contributed by atoms with Gasteiger partial charge in [-0.2, -0.15) is 0 Å². The third kappa shape index (κ3) is 0.493. The highest BCUT2D eigenvalue weighted by molar-refractivity contribution is 5.50.